The average molecular weight is 183 g/mol. The summed E-state index contributed by atoms with van der Waals surface area (Å²) >= 11 is 0. The third kappa shape index (κ3) is 2.26. The van der Waals surface area contributed by atoms with Crippen LogP contribution in [0.4, 0.5) is 4.39 Å². The molecule has 0 heterocycles. The summed E-state index contributed by atoms with van der Waals surface area (Å²) in [5, 5.41) is 9.57. The Kier molecular flexibility index (Phi) is 2.68. The first-order valence-corrected chi connectivity index (χ1v) is 4.15. The van der Waals surface area contributed by atoms with Crippen LogP contribution in [0.15, 0.2) is 24.3 Å². The van der Waals surface area contributed by atoms with Crippen LogP contribution in [-0.4, -0.2) is 10.7 Å². The second kappa shape index (κ2) is 3.44. The zero-order valence-corrected chi connectivity index (χ0v) is 7.79. The van der Waals surface area contributed by atoms with Gasteiger partial charge in [0.15, 0.2) is 0 Å². The van der Waals surface area contributed by atoms with E-state index in [1.807, 2.05) is 0 Å². The van der Waals surface area contributed by atoms with Crippen molar-refractivity contribution in [2.45, 2.75) is 25.5 Å². The van der Waals surface area contributed by atoms with Crippen molar-refractivity contribution in [3.8, 4) is 0 Å². The zero-order valence-electron chi connectivity index (χ0n) is 7.79. The first kappa shape index (κ1) is 10.2. The van der Waals surface area contributed by atoms with Crippen LogP contribution < -0.4 is 5.73 Å². The average Bonchev–Trinajstić information content (AvgIpc) is 2.02. The van der Waals surface area contributed by atoms with Gasteiger partial charge in [0.2, 0.25) is 0 Å². The van der Waals surface area contributed by atoms with E-state index in [1.165, 1.54) is 6.07 Å². The van der Waals surface area contributed by atoms with Crippen LogP contribution in [0.2, 0.25) is 0 Å². The smallest absolute Gasteiger partial charge is 0.128 e. The van der Waals surface area contributed by atoms with Crippen LogP contribution >= 0.6 is 0 Å². The minimum Gasteiger partial charge on any atom is -0.388 e. The molecule has 0 saturated carbocycles. The lowest BCUT2D eigenvalue weighted by atomic mass is 9.92. The molecule has 0 aromatic heterocycles. The monoisotopic (exact) mass is 183 g/mol. The van der Waals surface area contributed by atoms with Gasteiger partial charge in [-0.2, -0.15) is 0 Å². The highest BCUT2D eigenvalue weighted by molar-refractivity contribution is 5.22. The Morgan fingerprint density at radius 2 is 1.92 bits per heavy atom. The Bertz CT molecular complexity index is 293. The summed E-state index contributed by atoms with van der Waals surface area (Å²) in [7, 11) is 0. The summed E-state index contributed by atoms with van der Waals surface area (Å²) in [6.07, 6.45) is 0. The largest absolute Gasteiger partial charge is 0.388 e. The summed E-state index contributed by atoms with van der Waals surface area (Å²) in [5.41, 5.74) is 4.92. The predicted octanol–water partition coefficient (Wildman–Crippen LogP) is 1.60. The van der Waals surface area contributed by atoms with Gasteiger partial charge in [0, 0.05) is 5.56 Å². The van der Waals surface area contributed by atoms with E-state index in [0.29, 0.717) is 5.56 Å². The van der Waals surface area contributed by atoms with E-state index in [4.69, 9.17) is 5.73 Å². The SMILES string of the molecule is CC(C)(O)C(N)c1ccccc1F. The predicted molar refractivity (Wildman–Crippen MR) is 49.6 cm³/mol. The van der Waals surface area contributed by atoms with Gasteiger partial charge in [-0.1, -0.05) is 18.2 Å². The highest BCUT2D eigenvalue weighted by Crippen LogP contribution is 2.24. The molecule has 0 spiro atoms. The Balaban J connectivity index is 3.02. The Morgan fingerprint density at radius 1 is 1.38 bits per heavy atom. The Morgan fingerprint density at radius 3 is 2.38 bits per heavy atom. The maximum Gasteiger partial charge on any atom is 0.128 e. The molecule has 1 aromatic carbocycles. The summed E-state index contributed by atoms with van der Waals surface area (Å²) in [4.78, 5) is 0. The fourth-order valence-electron chi connectivity index (χ4n) is 1.11. The minimum absolute atomic E-state index is 0.343. The minimum atomic E-state index is -1.11. The molecular weight excluding hydrogens is 169 g/mol. The van der Waals surface area contributed by atoms with E-state index in [0.717, 1.165) is 0 Å². The number of hydrogen-bond acceptors (Lipinski definition) is 2. The summed E-state index contributed by atoms with van der Waals surface area (Å²) in [6.45, 7) is 3.12. The van der Waals surface area contributed by atoms with Gasteiger partial charge in [0.05, 0.1) is 11.6 Å². The Labute approximate surface area is 77.2 Å². The fraction of sp³-hybridized carbons (Fsp3) is 0.400. The molecule has 1 aromatic rings. The first-order valence-electron chi connectivity index (χ1n) is 4.15. The van der Waals surface area contributed by atoms with E-state index >= 15 is 0 Å². The molecule has 1 atom stereocenters. The van der Waals surface area contributed by atoms with Crippen molar-refractivity contribution in [1.29, 1.82) is 0 Å². The molecule has 2 nitrogen and oxygen atoms in total. The van der Waals surface area contributed by atoms with Gasteiger partial charge in [-0.25, -0.2) is 4.39 Å². The summed E-state index contributed by atoms with van der Waals surface area (Å²) in [6, 6.07) is 5.51. The molecule has 0 radical (unpaired) electrons. The molecular formula is C10H14FNO. The van der Waals surface area contributed by atoms with Crippen LogP contribution in [0, 0.1) is 5.82 Å². The lowest BCUT2D eigenvalue weighted by Crippen LogP contribution is -2.35. The van der Waals surface area contributed by atoms with E-state index in [2.05, 4.69) is 0 Å². The molecule has 0 saturated heterocycles. The van der Waals surface area contributed by atoms with Crippen LogP contribution in [0.5, 0.6) is 0 Å². The molecule has 3 N–H and O–H groups in total. The maximum atomic E-state index is 13.2. The van der Waals surface area contributed by atoms with Crippen LogP contribution in [-0.2, 0) is 0 Å². The molecule has 0 aliphatic carbocycles. The molecule has 72 valence electrons. The first-order chi connectivity index (χ1) is 5.93. The number of benzene rings is 1. The molecule has 1 rings (SSSR count). The molecule has 3 heteroatoms. The molecule has 13 heavy (non-hydrogen) atoms. The van der Waals surface area contributed by atoms with Crippen molar-refractivity contribution in [3.63, 3.8) is 0 Å². The molecule has 0 fully saturated rings. The standard InChI is InChI=1S/C10H14FNO/c1-10(2,13)9(12)7-5-3-4-6-8(7)11/h3-6,9,13H,12H2,1-2H3. The third-order valence-corrected chi connectivity index (χ3v) is 2.00. The van der Waals surface area contributed by atoms with Crippen LogP contribution in [0.25, 0.3) is 0 Å². The van der Waals surface area contributed by atoms with E-state index in [1.54, 1.807) is 32.0 Å². The summed E-state index contributed by atoms with van der Waals surface area (Å²) in [5.74, 6) is -0.378. The van der Waals surface area contributed by atoms with Crippen molar-refractivity contribution in [2.24, 2.45) is 5.73 Å². The number of nitrogens with two attached hydrogens (primary N) is 1. The van der Waals surface area contributed by atoms with Crippen molar-refractivity contribution in [1.82, 2.24) is 0 Å². The van der Waals surface area contributed by atoms with Crippen molar-refractivity contribution in [2.75, 3.05) is 0 Å². The lowest BCUT2D eigenvalue weighted by molar-refractivity contribution is 0.0505. The molecule has 0 aliphatic rings. The molecule has 0 aliphatic heterocycles. The van der Waals surface area contributed by atoms with Gasteiger partial charge in [0.1, 0.15) is 5.82 Å². The zero-order chi connectivity index (χ0) is 10.1. The van der Waals surface area contributed by atoms with E-state index in [-0.39, 0.29) is 5.82 Å². The summed E-state index contributed by atoms with van der Waals surface area (Å²) < 4.78 is 13.2. The quantitative estimate of drug-likeness (QED) is 0.731. The number of aliphatic hydroxyl groups is 1. The third-order valence-electron chi connectivity index (χ3n) is 2.00. The van der Waals surface area contributed by atoms with Gasteiger partial charge >= 0.3 is 0 Å². The highest BCUT2D eigenvalue weighted by atomic mass is 19.1. The van der Waals surface area contributed by atoms with E-state index < -0.39 is 11.6 Å². The highest BCUT2D eigenvalue weighted by Gasteiger charge is 2.26. The maximum absolute atomic E-state index is 13.2. The lowest BCUT2D eigenvalue weighted by Gasteiger charge is -2.26. The topological polar surface area (TPSA) is 46.2 Å². The molecule has 0 amide bonds. The van der Waals surface area contributed by atoms with Gasteiger partial charge in [-0.15, -0.1) is 0 Å². The number of rotatable bonds is 2. The molecule has 1 unspecified atom stereocenters. The molecule has 0 bridgehead atoms. The van der Waals surface area contributed by atoms with E-state index in [9.17, 15) is 9.50 Å². The second-order valence-electron chi connectivity index (χ2n) is 3.65. The van der Waals surface area contributed by atoms with Gasteiger partial charge < -0.3 is 10.8 Å². The fourth-order valence-corrected chi connectivity index (χ4v) is 1.11. The normalized spacial score (nSPS) is 14.2. The van der Waals surface area contributed by atoms with Crippen LogP contribution in [0.1, 0.15) is 25.5 Å². The number of hydrogen-bond donors (Lipinski definition) is 2. The van der Waals surface area contributed by atoms with Crippen molar-refractivity contribution >= 4 is 0 Å². The van der Waals surface area contributed by atoms with Crippen molar-refractivity contribution in [3.05, 3.63) is 35.6 Å². The van der Waals surface area contributed by atoms with Gasteiger partial charge in [-0.05, 0) is 19.9 Å². The second-order valence-corrected chi connectivity index (χ2v) is 3.65. The van der Waals surface area contributed by atoms with Crippen molar-refractivity contribution < 1.29 is 9.50 Å². The van der Waals surface area contributed by atoms with Crippen LogP contribution in [0.3, 0.4) is 0 Å². The van der Waals surface area contributed by atoms with Gasteiger partial charge in [0.25, 0.3) is 0 Å². The number of halogens is 1. The Hall–Kier alpha value is -0.930. The van der Waals surface area contributed by atoms with Gasteiger partial charge in [-0.3, -0.25) is 0 Å².